The first-order valence-electron chi connectivity index (χ1n) is 8.34. The van der Waals surface area contributed by atoms with Crippen LogP contribution in [0.3, 0.4) is 0 Å². The first-order chi connectivity index (χ1) is 16.6. The Kier molecular flexibility index (Phi) is 6.96. The predicted molar refractivity (Wildman–Crippen MR) is 74.2 cm³/mol. The van der Waals surface area contributed by atoms with Crippen molar-refractivity contribution >= 4 is 0 Å². The van der Waals surface area contributed by atoms with Gasteiger partial charge < -0.3 is 4.52 Å². The number of rotatable bonds is 7. The topological polar surface area (TPSA) is 38.9 Å². The maximum absolute atomic E-state index is 14.0. The molecule has 2 rings (SSSR count). The molecule has 0 fully saturated rings. The maximum Gasteiger partial charge on any atom is 0.460 e. The van der Waals surface area contributed by atoms with Crippen molar-refractivity contribution < 1.29 is 92.3 Å². The van der Waals surface area contributed by atoms with Crippen molar-refractivity contribution in [3.8, 4) is 11.5 Å². The molecule has 0 atom stereocenters. The summed E-state index contributed by atoms with van der Waals surface area (Å²) in [6.07, 6.45) is -7.83. The molecule has 2 aromatic rings. The Morgan fingerprint density at radius 2 is 0.789 bits per heavy atom. The van der Waals surface area contributed by atoms with Crippen molar-refractivity contribution in [2.24, 2.45) is 0 Å². The van der Waals surface area contributed by atoms with Crippen LogP contribution in [0.15, 0.2) is 4.52 Å². The van der Waals surface area contributed by atoms with Crippen LogP contribution in [-0.2, 0) is 5.92 Å². The minimum Gasteiger partial charge on any atom is -0.334 e. The zero-order valence-electron chi connectivity index (χ0n) is 16.4. The predicted octanol–water partition coefficient (Wildman–Crippen LogP) is 7.26. The summed E-state index contributed by atoms with van der Waals surface area (Å²) in [7, 11) is 0. The second-order valence-corrected chi connectivity index (χ2v) is 6.81. The number of benzene rings is 1. The van der Waals surface area contributed by atoms with Gasteiger partial charge in [0.05, 0.1) is 0 Å². The lowest BCUT2D eigenvalue weighted by Crippen LogP contribution is -2.72. The lowest BCUT2D eigenvalue weighted by Gasteiger charge is -2.40. The highest BCUT2D eigenvalue weighted by Gasteiger charge is 2.93. The fourth-order valence-corrected chi connectivity index (χ4v) is 2.35. The molecule has 0 amide bonds. The van der Waals surface area contributed by atoms with Crippen LogP contribution in [0.25, 0.3) is 11.5 Å². The third kappa shape index (κ3) is 3.81. The molecule has 1 heterocycles. The number of nitrogens with zero attached hydrogens (tertiary/aromatic N) is 2. The quantitative estimate of drug-likeness (QED) is 0.190. The van der Waals surface area contributed by atoms with E-state index in [1.54, 1.807) is 5.16 Å². The van der Waals surface area contributed by atoms with E-state index in [4.69, 9.17) is 0 Å². The highest BCUT2D eigenvalue weighted by atomic mass is 19.4. The zero-order valence-corrected chi connectivity index (χ0v) is 16.4. The molecule has 0 saturated carbocycles. The van der Waals surface area contributed by atoms with Gasteiger partial charge in [0.1, 0.15) is 5.56 Å². The van der Waals surface area contributed by atoms with Crippen LogP contribution in [0.5, 0.6) is 0 Å². The van der Waals surface area contributed by atoms with E-state index in [-0.39, 0.29) is 0 Å². The van der Waals surface area contributed by atoms with Gasteiger partial charge >= 0.3 is 41.7 Å². The molecule has 0 saturated heterocycles. The summed E-state index contributed by atoms with van der Waals surface area (Å²) in [4.78, 5) is 1.86. The third-order valence-electron chi connectivity index (χ3n) is 4.46. The van der Waals surface area contributed by atoms with Crippen LogP contribution in [-0.4, -0.2) is 45.9 Å². The highest BCUT2D eigenvalue weighted by molar-refractivity contribution is 5.55. The van der Waals surface area contributed by atoms with E-state index in [1.165, 1.54) is 0 Å². The maximum atomic E-state index is 14.0. The van der Waals surface area contributed by atoms with Gasteiger partial charge in [-0.2, -0.15) is 70.8 Å². The van der Waals surface area contributed by atoms with Crippen LogP contribution in [0.4, 0.5) is 87.8 Å². The lowest BCUT2D eigenvalue weighted by atomic mass is 9.91. The van der Waals surface area contributed by atoms with E-state index in [0.717, 1.165) is 0 Å². The first-order valence-corrected chi connectivity index (χ1v) is 8.34. The number of halogens is 20. The van der Waals surface area contributed by atoms with Gasteiger partial charge in [0.2, 0.25) is 11.6 Å². The summed E-state index contributed by atoms with van der Waals surface area (Å²) in [5.41, 5.74) is -2.49. The largest absolute Gasteiger partial charge is 0.460 e. The Hall–Kier alpha value is -3.04. The first kappa shape index (κ1) is 31.2. The van der Waals surface area contributed by atoms with E-state index < -0.39 is 88.1 Å². The van der Waals surface area contributed by atoms with Crippen molar-refractivity contribution in [2.45, 2.75) is 41.7 Å². The molecule has 216 valence electrons. The van der Waals surface area contributed by atoms with Crippen molar-refractivity contribution in [3.05, 3.63) is 34.9 Å². The molecule has 38 heavy (non-hydrogen) atoms. The molecule has 0 aliphatic heterocycles. The summed E-state index contributed by atoms with van der Waals surface area (Å²) < 4.78 is 268. The Morgan fingerprint density at radius 3 is 1.18 bits per heavy atom. The molecule has 0 spiro atoms. The second-order valence-electron chi connectivity index (χ2n) is 6.81. The lowest BCUT2D eigenvalue weighted by molar-refractivity contribution is -0.454. The zero-order chi connectivity index (χ0) is 30.2. The summed E-state index contributed by atoms with van der Waals surface area (Å²) in [5, 5.41) is 1.66. The van der Waals surface area contributed by atoms with E-state index in [9.17, 15) is 87.8 Å². The number of alkyl halides is 15. The third-order valence-corrected chi connectivity index (χ3v) is 4.46. The summed E-state index contributed by atoms with van der Waals surface area (Å²) in [5.74, 6) is -69.9. The van der Waals surface area contributed by atoms with Crippen LogP contribution < -0.4 is 0 Å². The SMILES string of the molecule is Fc1c(F)c(F)c(-c2nc(C(F)(F)C(F)(F)C(F)(F)C(F)(F)C(F)(F)C(F)(F)C(F)(F)F)no2)c(F)c1F. The number of aromatic nitrogens is 2. The Labute approximate surface area is 192 Å². The van der Waals surface area contributed by atoms with Crippen LogP contribution in [0.1, 0.15) is 5.82 Å². The molecule has 0 N–H and O–H groups in total. The van der Waals surface area contributed by atoms with Crippen molar-refractivity contribution in [1.29, 1.82) is 0 Å². The molecule has 3 nitrogen and oxygen atoms in total. The van der Waals surface area contributed by atoms with Gasteiger partial charge in [-0.25, -0.2) is 22.0 Å². The van der Waals surface area contributed by atoms with Gasteiger partial charge in [-0.3, -0.25) is 0 Å². The van der Waals surface area contributed by atoms with E-state index in [2.05, 4.69) is 4.52 Å². The van der Waals surface area contributed by atoms with Crippen LogP contribution in [0, 0.1) is 29.1 Å². The van der Waals surface area contributed by atoms with Gasteiger partial charge in [0, 0.05) is 0 Å². The smallest absolute Gasteiger partial charge is 0.334 e. The average molecular weight is 604 g/mol. The van der Waals surface area contributed by atoms with E-state index in [0.29, 0.717) is 0 Å². The molecular formula is C15F20N2O. The molecule has 0 unspecified atom stereocenters. The van der Waals surface area contributed by atoms with Gasteiger partial charge in [0.15, 0.2) is 23.3 Å². The Balaban J connectivity index is 2.68. The molecule has 1 aromatic heterocycles. The molecule has 0 radical (unpaired) electrons. The average Bonchev–Trinajstić information content (AvgIpc) is 3.25. The monoisotopic (exact) mass is 604 g/mol. The van der Waals surface area contributed by atoms with Crippen molar-refractivity contribution in [3.63, 3.8) is 0 Å². The van der Waals surface area contributed by atoms with Gasteiger partial charge in [-0.15, -0.1) is 0 Å². The minimum atomic E-state index is -8.65. The van der Waals surface area contributed by atoms with Gasteiger partial charge in [0.25, 0.3) is 5.89 Å². The van der Waals surface area contributed by atoms with Gasteiger partial charge in [-0.1, -0.05) is 5.16 Å². The van der Waals surface area contributed by atoms with Crippen LogP contribution in [0.2, 0.25) is 0 Å². The molecule has 1 aromatic carbocycles. The molecule has 23 heteroatoms. The minimum absolute atomic E-state index is 1.66. The summed E-state index contributed by atoms with van der Waals surface area (Å²) >= 11 is 0. The fourth-order valence-electron chi connectivity index (χ4n) is 2.35. The Bertz CT molecular complexity index is 1200. The normalized spacial score (nSPS) is 14.8. The standard InChI is InChI=1S/C15F20N2O/c16-2-1(3(17)5(19)6(20)4(2)18)7-36-8(37-38-7)9(21,22)10(23,24)11(25,26)12(27,28)13(29,30)14(31,32)15(33,34)35. The second kappa shape index (κ2) is 8.48. The van der Waals surface area contributed by atoms with Crippen molar-refractivity contribution in [2.75, 3.05) is 0 Å². The molecule has 0 aliphatic rings. The van der Waals surface area contributed by atoms with Gasteiger partial charge in [-0.05, 0) is 0 Å². The Morgan fingerprint density at radius 1 is 0.447 bits per heavy atom. The van der Waals surface area contributed by atoms with E-state index in [1.807, 2.05) is 4.98 Å². The summed E-state index contributed by atoms with van der Waals surface area (Å²) in [6.45, 7) is 0. The van der Waals surface area contributed by atoms with E-state index >= 15 is 0 Å². The van der Waals surface area contributed by atoms with Crippen LogP contribution >= 0.6 is 0 Å². The van der Waals surface area contributed by atoms with Crippen molar-refractivity contribution in [1.82, 2.24) is 10.1 Å². The molecule has 0 aliphatic carbocycles. The molecular weight excluding hydrogens is 604 g/mol. The highest BCUT2D eigenvalue weighted by Crippen LogP contribution is 2.63. The number of hydrogen-bond donors (Lipinski definition) is 0. The molecule has 0 bridgehead atoms. The fraction of sp³-hybridized carbons (Fsp3) is 0.467. The number of hydrogen-bond acceptors (Lipinski definition) is 3. The summed E-state index contributed by atoms with van der Waals surface area (Å²) in [6, 6.07) is 0.